The molecular weight excluding hydrogens is 308 g/mol. The van der Waals surface area contributed by atoms with Crippen LogP contribution in [0.3, 0.4) is 0 Å². The molecule has 1 aliphatic rings. The van der Waals surface area contributed by atoms with Crippen molar-refractivity contribution in [1.29, 1.82) is 0 Å². The summed E-state index contributed by atoms with van der Waals surface area (Å²) in [5.74, 6) is 1.13. The molecule has 24 heavy (non-hydrogen) atoms. The highest BCUT2D eigenvalue weighted by Gasteiger charge is 2.23. The molecule has 2 heterocycles. The minimum atomic E-state index is -0.239. The Kier molecular flexibility index (Phi) is 5.10. The van der Waals surface area contributed by atoms with E-state index in [2.05, 4.69) is 15.1 Å². The molecule has 0 N–H and O–H groups in total. The van der Waals surface area contributed by atoms with Crippen molar-refractivity contribution in [3.8, 4) is 11.5 Å². The molecule has 0 bridgehead atoms. The van der Waals surface area contributed by atoms with E-state index >= 15 is 0 Å². The van der Waals surface area contributed by atoms with Crippen molar-refractivity contribution < 1.29 is 13.9 Å². The molecule has 1 amide bonds. The summed E-state index contributed by atoms with van der Waals surface area (Å²) in [5.41, 5.74) is 2.09. The molecule has 1 saturated heterocycles. The van der Waals surface area contributed by atoms with Crippen LogP contribution in [0.15, 0.2) is 28.7 Å². The summed E-state index contributed by atoms with van der Waals surface area (Å²) in [6.07, 6.45) is -0.239. The van der Waals surface area contributed by atoms with Crippen molar-refractivity contribution in [2.24, 2.45) is 0 Å². The molecule has 3 rings (SSSR count). The predicted octanol–water partition coefficient (Wildman–Crippen LogP) is 2.32. The van der Waals surface area contributed by atoms with Gasteiger partial charge in [-0.3, -0.25) is 4.90 Å². The lowest BCUT2D eigenvalue weighted by Crippen LogP contribution is -2.48. The van der Waals surface area contributed by atoms with Crippen LogP contribution in [-0.4, -0.2) is 58.9 Å². The van der Waals surface area contributed by atoms with Crippen molar-refractivity contribution in [2.45, 2.75) is 20.4 Å². The quantitative estimate of drug-likeness (QED) is 0.857. The number of carbonyl (C=O) groups excluding carboxylic acids is 1. The second-order valence-electron chi connectivity index (χ2n) is 5.83. The third-order valence-electron chi connectivity index (χ3n) is 3.99. The molecule has 7 nitrogen and oxygen atoms in total. The van der Waals surface area contributed by atoms with Gasteiger partial charge >= 0.3 is 6.09 Å². The Hall–Kier alpha value is -2.41. The van der Waals surface area contributed by atoms with Crippen LogP contribution in [0.2, 0.25) is 0 Å². The molecule has 1 aromatic carbocycles. The van der Waals surface area contributed by atoms with Crippen molar-refractivity contribution >= 4 is 6.09 Å². The van der Waals surface area contributed by atoms with Crippen LogP contribution >= 0.6 is 0 Å². The number of piperazine rings is 1. The Morgan fingerprint density at radius 3 is 2.75 bits per heavy atom. The van der Waals surface area contributed by atoms with Crippen LogP contribution in [0.1, 0.15) is 18.4 Å². The van der Waals surface area contributed by atoms with Crippen LogP contribution in [0, 0.1) is 6.92 Å². The van der Waals surface area contributed by atoms with Gasteiger partial charge in [-0.1, -0.05) is 17.7 Å². The summed E-state index contributed by atoms with van der Waals surface area (Å²) in [4.78, 5) is 15.6. The lowest BCUT2D eigenvalue weighted by atomic mass is 10.1. The number of aromatic nitrogens is 2. The van der Waals surface area contributed by atoms with Crippen LogP contribution in [0.5, 0.6) is 0 Å². The summed E-state index contributed by atoms with van der Waals surface area (Å²) >= 11 is 0. The predicted molar refractivity (Wildman–Crippen MR) is 88.3 cm³/mol. The molecular formula is C17H22N4O3. The van der Waals surface area contributed by atoms with Gasteiger partial charge in [-0.25, -0.2) is 4.79 Å². The van der Waals surface area contributed by atoms with Gasteiger partial charge in [0.2, 0.25) is 11.8 Å². The van der Waals surface area contributed by atoms with Crippen molar-refractivity contribution in [3.05, 3.63) is 35.7 Å². The number of ether oxygens (including phenoxy) is 1. The molecule has 0 aliphatic carbocycles. The maximum Gasteiger partial charge on any atom is 0.409 e. The Bertz CT molecular complexity index is 693. The second-order valence-corrected chi connectivity index (χ2v) is 5.83. The number of benzene rings is 1. The van der Waals surface area contributed by atoms with Gasteiger partial charge in [0.05, 0.1) is 13.2 Å². The average Bonchev–Trinajstić information content (AvgIpc) is 3.04. The summed E-state index contributed by atoms with van der Waals surface area (Å²) in [7, 11) is 0. The van der Waals surface area contributed by atoms with Gasteiger partial charge in [0.1, 0.15) is 0 Å². The van der Waals surface area contributed by atoms with E-state index in [0.29, 0.717) is 38.0 Å². The number of hydrogen-bond acceptors (Lipinski definition) is 6. The minimum Gasteiger partial charge on any atom is -0.450 e. The van der Waals surface area contributed by atoms with E-state index in [0.717, 1.165) is 24.2 Å². The monoisotopic (exact) mass is 330 g/mol. The first-order valence-corrected chi connectivity index (χ1v) is 8.19. The zero-order valence-electron chi connectivity index (χ0n) is 14.1. The van der Waals surface area contributed by atoms with Crippen LogP contribution in [0.4, 0.5) is 4.79 Å². The molecule has 0 unspecified atom stereocenters. The average molecular weight is 330 g/mol. The molecule has 0 radical (unpaired) electrons. The number of rotatable bonds is 4. The molecule has 0 spiro atoms. The van der Waals surface area contributed by atoms with E-state index in [1.165, 1.54) is 0 Å². The van der Waals surface area contributed by atoms with E-state index in [1.54, 1.807) is 4.90 Å². The second kappa shape index (κ2) is 7.44. The van der Waals surface area contributed by atoms with E-state index in [4.69, 9.17) is 9.15 Å². The zero-order chi connectivity index (χ0) is 16.9. The van der Waals surface area contributed by atoms with E-state index in [-0.39, 0.29) is 6.09 Å². The lowest BCUT2D eigenvalue weighted by molar-refractivity contribution is 0.0756. The Morgan fingerprint density at radius 2 is 2.04 bits per heavy atom. The number of amides is 1. The number of nitrogens with zero attached hydrogens (tertiary/aromatic N) is 4. The fourth-order valence-corrected chi connectivity index (χ4v) is 2.71. The largest absolute Gasteiger partial charge is 0.450 e. The van der Waals surface area contributed by atoms with E-state index < -0.39 is 0 Å². The summed E-state index contributed by atoms with van der Waals surface area (Å²) in [6.45, 7) is 7.68. The molecule has 7 heteroatoms. The van der Waals surface area contributed by atoms with Crippen molar-refractivity contribution in [3.63, 3.8) is 0 Å². The Balaban J connectivity index is 1.56. The Morgan fingerprint density at radius 1 is 1.25 bits per heavy atom. The topological polar surface area (TPSA) is 71.7 Å². The highest BCUT2D eigenvalue weighted by Crippen LogP contribution is 2.19. The SMILES string of the molecule is CCOC(=O)N1CCN(Cc2nnc(-c3cccc(C)c3)o2)CC1. The standard InChI is InChI=1S/C17H22N4O3/c1-3-23-17(22)21-9-7-20(8-10-21)12-15-18-19-16(24-15)14-6-4-5-13(2)11-14/h4-6,11H,3,7-10,12H2,1-2H3. The fraction of sp³-hybridized carbons (Fsp3) is 0.471. The first-order chi connectivity index (χ1) is 11.7. The maximum atomic E-state index is 11.7. The van der Waals surface area contributed by atoms with Gasteiger partial charge in [0.15, 0.2) is 0 Å². The smallest absolute Gasteiger partial charge is 0.409 e. The Labute approximate surface area is 141 Å². The molecule has 0 saturated carbocycles. The third kappa shape index (κ3) is 3.91. The lowest BCUT2D eigenvalue weighted by Gasteiger charge is -2.33. The number of carbonyl (C=O) groups is 1. The van der Waals surface area contributed by atoms with Gasteiger partial charge in [-0.05, 0) is 26.0 Å². The van der Waals surface area contributed by atoms with Crippen LogP contribution in [0.25, 0.3) is 11.5 Å². The number of aryl methyl sites for hydroxylation is 1. The van der Waals surface area contributed by atoms with E-state index in [9.17, 15) is 4.79 Å². The minimum absolute atomic E-state index is 0.239. The maximum absolute atomic E-state index is 11.7. The van der Waals surface area contributed by atoms with Crippen LogP contribution in [-0.2, 0) is 11.3 Å². The van der Waals surface area contributed by atoms with Crippen molar-refractivity contribution in [2.75, 3.05) is 32.8 Å². The summed E-state index contributed by atoms with van der Waals surface area (Å²) < 4.78 is 10.8. The first-order valence-electron chi connectivity index (χ1n) is 8.19. The summed E-state index contributed by atoms with van der Waals surface area (Å²) in [5, 5.41) is 8.27. The highest BCUT2D eigenvalue weighted by atomic mass is 16.6. The third-order valence-corrected chi connectivity index (χ3v) is 3.99. The highest BCUT2D eigenvalue weighted by molar-refractivity contribution is 5.67. The van der Waals surface area contributed by atoms with Gasteiger partial charge in [0.25, 0.3) is 0 Å². The molecule has 1 fully saturated rings. The molecule has 1 aromatic heterocycles. The zero-order valence-corrected chi connectivity index (χ0v) is 14.1. The molecule has 0 atom stereocenters. The molecule has 1 aliphatic heterocycles. The number of hydrogen-bond donors (Lipinski definition) is 0. The van der Waals surface area contributed by atoms with Crippen molar-refractivity contribution in [1.82, 2.24) is 20.0 Å². The van der Waals surface area contributed by atoms with Gasteiger partial charge < -0.3 is 14.1 Å². The van der Waals surface area contributed by atoms with E-state index in [1.807, 2.05) is 38.1 Å². The fourth-order valence-electron chi connectivity index (χ4n) is 2.71. The van der Waals surface area contributed by atoms with Gasteiger partial charge in [0, 0.05) is 31.7 Å². The summed E-state index contributed by atoms with van der Waals surface area (Å²) in [6, 6.07) is 7.99. The molecule has 128 valence electrons. The van der Waals surface area contributed by atoms with Crippen LogP contribution < -0.4 is 0 Å². The normalized spacial score (nSPS) is 15.5. The van der Waals surface area contributed by atoms with Gasteiger partial charge in [-0.15, -0.1) is 10.2 Å². The molecule has 2 aromatic rings. The first kappa shape index (κ1) is 16.4. The van der Waals surface area contributed by atoms with Gasteiger partial charge in [-0.2, -0.15) is 0 Å².